The molecule has 0 spiro atoms. The second-order valence-electron chi connectivity index (χ2n) is 9.56. The molecule has 0 saturated carbocycles. The number of rotatable bonds is 6. The lowest BCUT2D eigenvalue weighted by Gasteiger charge is -2.41. The van der Waals surface area contributed by atoms with Crippen LogP contribution < -0.4 is 10.3 Å². The first-order valence-electron chi connectivity index (χ1n) is 12.4. The normalized spacial score (nSPS) is 21.6. The van der Waals surface area contributed by atoms with Crippen LogP contribution in [-0.4, -0.2) is 70.9 Å². The highest BCUT2D eigenvalue weighted by molar-refractivity contribution is 5.98. The summed E-state index contributed by atoms with van der Waals surface area (Å²) in [4.78, 5) is 50.2. The minimum Gasteiger partial charge on any atom is -0.497 e. The first-order chi connectivity index (χ1) is 17.0. The van der Waals surface area contributed by atoms with Crippen molar-refractivity contribution in [2.75, 3.05) is 33.4 Å². The molecule has 5 rings (SSSR count). The summed E-state index contributed by atoms with van der Waals surface area (Å²) in [6.07, 6.45) is 3.84. The number of nitrogens with one attached hydrogen (secondary N) is 1. The molecule has 1 amide bonds. The molecule has 3 aliphatic rings. The number of likely N-dealkylation sites (tertiary alicyclic amines) is 2. The maximum Gasteiger partial charge on any atom is 0.256 e. The van der Waals surface area contributed by atoms with Crippen molar-refractivity contribution in [2.24, 2.45) is 5.92 Å². The average Bonchev–Trinajstić information content (AvgIpc) is 2.90. The van der Waals surface area contributed by atoms with Crippen LogP contribution in [-0.2, 0) is 29.1 Å². The van der Waals surface area contributed by atoms with Gasteiger partial charge in [0.15, 0.2) is 5.78 Å². The summed E-state index contributed by atoms with van der Waals surface area (Å²) < 4.78 is 10.5. The van der Waals surface area contributed by atoms with Gasteiger partial charge >= 0.3 is 0 Å². The summed E-state index contributed by atoms with van der Waals surface area (Å²) in [5, 5.41) is 0. The first-order valence-corrected chi connectivity index (χ1v) is 12.4. The number of aromatic nitrogens is 2. The van der Waals surface area contributed by atoms with Crippen molar-refractivity contribution >= 4 is 11.7 Å². The van der Waals surface area contributed by atoms with Gasteiger partial charge in [0, 0.05) is 24.4 Å². The fraction of sp³-hybridized carbons (Fsp3) is 0.538. The Labute approximate surface area is 204 Å². The fourth-order valence-electron chi connectivity index (χ4n) is 5.43. The zero-order valence-corrected chi connectivity index (χ0v) is 20.1. The third-order valence-corrected chi connectivity index (χ3v) is 7.44. The van der Waals surface area contributed by atoms with Crippen molar-refractivity contribution in [3.05, 3.63) is 57.3 Å². The Morgan fingerprint density at radius 2 is 1.91 bits per heavy atom. The number of methoxy groups -OCH3 is 1. The number of piperidine rings is 2. The number of Topliss-reactive ketones (excluding diaryl/α,β-unsaturated/α-hetero) is 1. The van der Waals surface area contributed by atoms with Crippen LogP contribution in [0.1, 0.15) is 53.1 Å². The van der Waals surface area contributed by atoms with Crippen molar-refractivity contribution in [1.82, 2.24) is 19.8 Å². The van der Waals surface area contributed by atoms with E-state index in [4.69, 9.17) is 9.47 Å². The molecule has 0 unspecified atom stereocenters. The molecule has 1 aromatic carbocycles. The Bertz CT molecular complexity index is 1140. The third-order valence-electron chi connectivity index (χ3n) is 7.44. The molecule has 2 saturated heterocycles. The second-order valence-corrected chi connectivity index (χ2v) is 9.56. The van der Waals surface area contributed by atoms with E-state index in [-0.39, 0.29) is 29.2 Å². The Hall–Kier alpha value is -3.04. The Morgan fingerprint density at radius 3 is 2.66 bits per heavy atom. The van der Waals surface area contributed by atoms with Gasteiger partial charge in [0.05, 0.1) is 44.2 Å². The van der Waals surface area contributed by atoms with Gasteiger partial charge in [0.2, 0.25) is 5.91 Å². The predicted octanol–water partition coefficient (Wildman–Crippen LogP) is 1.94. The van der Waals surface area contributed by atoms with Crippen LogP contribution in [0.4, 0.5) is 0 Å². The van der Waals surface area contributed by atoms with E-state index in [1.54, 1.807) is 7.11 Å². The second kappa shape index (κ2) is 10.3. The summed E-state index contributed by atoms with van der Waals surface area (Å²) in [5.41, 5.74) is 1.91. The van der Waals surface area contributed by atoms with E-state index in [1.807, 2.05) is 29.2 Å². The van der Waals surface area contributed by atoms with Gasteiger partial charge in [-0.15, -0.1) is 0 Å². The first kappa shape index (κ1) is 23.7. The Morgan fingerprint density at radius 1 is 1.14 bits per heavy atom. The van der Waals surface area contributed by atoms with Crippen LogP contribution >= 0.6 is 0 Å². The van der Waals surface area contributed by atoms with E-state index in [2.05, 4.69) is 14.9 Å². The van der Waals surface area contributed by atoms with E-state index in [1.165, 1.54) is 0 Å². The van der Waals surface area contributed by atoms with Crippen LogP contribution in [0.5, 0.6) is 5.75 Å². The molecular weight excluding hydrogens is 448 g/mol. The number of carbonyl (C=O) groups is 2. The maximum atomic E-state index is 13.4. The van der Waals surface area contributed by atoms with Crippen molar-refractivity contribution in [3.63, 3.8) is 0 Å². The van der Waals surface area contributed by atoms with Crippen LogP contribution in [0, 0.1) is 5.92 Å². The molecule has 4 heterocycles. The number of H-pyrrole nitrogens is 1. The summed E-state index contributed by atoms with van der Waals surface area (Å²) in [6, 6.07) is 7.09. The van der Waals surface area contributed by atoms with Crippen LogP contribution in [0.25, 0.3) is 0 Å². The van der Waals surface area contributed by atoms with Gasteiger partial charge in [-0.3, -0.25) is 19.3 Å². The molecular formula is C26H32N4O5. The molecule has 0 aliphatic carbocycles. The SMILES string of the molecule is COc1ccc(C(=O)C2CCN([C@H]3CCCN(Cc4nc5c(c(=O)[nH]4)COCC5)C3=O)CC2)cc1. The number of ketones is 1. The average molecular weight is 481 g/mol. The standard InChI is InChI=1S/C26H32N4O5/c1-34-19-6-4-17(5-7-19)24(31)18-8-12-29(13-9-18)22-3-2-11-30(26(22)33)15-23-27-21-10-14-35-16-20(21)25(32)28-23/h4-7,18,22H,2-3,8-16H2,1H3,(H,27,28,32)/t22-/m0/s1. The zero-order chi connectivity index (χ0) is 24.4. The van der Waals surface area contributed by atoms with E-state index in [9.17, 15) is 14.4 Å². The lowest BCUT2D eigenvalue weighted by Crippen LogP contribution is -2.54. The molecule has 3 aliphatic heterocycles. The number of fused-ring (bicyclic) bond motifs is 1. The van der Waals surface area contributed by atoms with Gasteiger partial charge in [0.25, 0.3) is 5.56 Å². The molecule has 0 radical (unpaired) electrons. The van der Waals surface area contributed by atoms with Crippen molar-refractivity contribution < 1.29 is 19.1 Å². The number of benzene rings is 1. The molecule has 9 nitrogen and oxygen atoms in total. The maximum absolute atomic E-state index is 13.4. The number of amides is 1. The summed E-state index contributed by atoms with van der Waals surface area (Å²) in [5.74, 6) is 1.49. The lowest BCUT2D eigenvalue weighted by molar-refractivity contribution is -0.141. The van der Waals surface area contributed by atoms with E-state index >= 15 is 0 Å². The minimum atomic E-state index is -0.182. The molecule has 1 aromatic heterocycles. The quantitative estimate of drug-likeness (QED) is 0.630. The minimum absolute atomic E-state index is 0.0248. The highest BCUT2D eigenvalue weighted by atomic mass is 16.5. The van der Waals surface area contributed by atoms with Crippen LogP contribution in [0.15, 0.2) is 29.1 Å². The van der Waals surface area contributed by atoms with Gasteiger partial charge in [-0.05, 0) is 63.0 Å². The smallest absolute Gasteiger partial charge is 0.256 e. The monoisotopic (exact) mass is 480 g/mol. The molecule has 0 bridgehead atoms. The van der Waals surface area contributed by atoms with Gasteiger partial charge < -0.3 is 19.4 Å². The molecule has 2 aromatic rings. The molecule has 1 N–H and O–H groups in total. The van der Waals surface area contributed by atoms with Gasteiger partial charge in [0.1, 0.15) is 11.6 Å². The highest BCUT2D eigenvalue weighted by Crippen LogP contribution is 2.27. The topological polar surface area (TPSA) is 105 Å². The zero-order valence-electron chi connectivity index (χ0n) is 20.1. The van der Waals surface area contributed by atoms with Gasteiger partial charge in [-0.1, -0.05) is 0 Å². The van der Waals surface area contributed by atoms with Crippen LogP contribution in [0.2, 0.25) is 0 Å². The summed E-state index contributed by atoms with van der Waals surface area (Å²) in [7, 11) is 1.61. The van der Waals surface area contributed by atoms with Crippen molar-refractivity contribution in [2.45, 2.75) is 51.3 Å². The largest absolute Gasteiger partial charge is 0.497 e. The number of carbonyl (C=O) groups excluding carboxylic acids is 2. The highest BCUT2D eigenvalue weighted by Gasteiger charge is 2.36. The molecule has 186 valence electrons. The summed E-state index contributed by atoms with van der Waals surface area (Å²) in [6.45, 7) is 3.27. The molecule has 9 heteroatoms. The molecule has 35 heavy (non-hydrogen) atoms. The van der Waals surface area contributed by atoms with E-state index in [0.29, 0.717) is 49.7 Å². The molecule has 1 atom stereocenters. The number of hydrogen-bond acceptors (Lipinski definition) is 7. The van der Waals surface area contributed by atoms with Gasteiger partial charge in [-0.25, -0.2) is 4.98 Å². The van der Waals surface area contributed by atoms with Crippen molar-refractivity contribution in [3.8, 4) is 5.75 Å². The Kier molecular flexibility index (Phi) is 6.97. The number of aromatic amines is 1. The summed E-state index contributed by atoms with van der Waals surface area (Å²) >= 11 is 0. The van der Waals surface area contributed by atoms with Crippen LogP contribution in [0.3, 0.4) is 0 Å². The lowest BCUT2D eigenvalue weighted by atomic mass is 9.87. The Balaban J connectivity index is 1.20. The number of hydrogen-bond donors (Lipinski definition) is 1. The fourth-order valence-corrected chi connectivity index (χ4v) is 5.43. The van der Waals surface area contributed by atoms with E-state index in [0.717, 1.165) is 50.2 Å². The molecule has 2 fully saturated rings. The van der Waals surface area contributed by atoms with Crippen molar-refractivity contribution in [1.29, 1.82) is 0 Å². The number of nitrogens with zero attached hydrogens (tertiary/aromatic N) is 3. The van der Waals surface area contributed by atoms with E-state index < -0.39 is 0 Å². The third kappa shape index (κ3) is 5.01. The predicted molar refractivity (Wildman–Crippen MR) is 128 cm³/mol. The van der Waals surface area contributed by atoms with Gasteiger partial charge in [-0.2, -0.15) is 0 Å². The number of ether oxygens (including phenoxy) is 2.